The zero-order valence-corrected chi connectivity index (χ0v) is 15.2. The Bertz CT molecular complexity index is 830. The summed E-state index contributed by atoms with van der Waals surface area (Å²) >= 11 is 1.14. The lowest BCUT2D eigenvalue weighted by atomic mass is 9.81. The molecule has 0 aliphatic carbocycles. The van der Waals surface area contributed by atoms with E-state index >= 15 is 0 Å². The van der Waals surface area contributed by atoms with Crippen molar-refractivity contribution in [1.29, 1.82) is 0 Å². The molecule has 3 saturated heterocycles. The first-order valence-electron chi connectivity index (χ1n) is 8.61. The maximum absolute atomic E-state index is 14.1. The van der Waals surface area contributed by atoms with Gasteiger partial charge in [0.15, 0.2) is 17.5 Å². The number of hydrogen-bond donors (Lipinski definition) is 1. The maximum atomic E-state index is 14.1. The second-order valence-corrected chi connectivity index (χ2v) is 8.22. The number of amides is 1. The lowest BCUT2D eigenvalue weighted by Crippen LogP contribution is -2.63. The van der Waals surface area contributed by atoms with Crippen molar-refractivity contribution in [1.82, 2.24) is 4.98 Å². The quantitative estimate of drug-likeness (QED) is 0.819. The summed E-state index contributed by atoms with van der Waals surface area (Å²) in [5.41, 5.74) is 1.14. The van der Waals surface area contributed by atoms with Gasteiger partial charge in [-0.05, 0) is 6.07 Å². The van der Waals surface area contributed by atoms with E-state index in [1.54, 1.807) is 0 Å². The number of carbonyl (C=O) groups is 1. The van der Waals surface area contributed by atoms with E-state index in [1.807, 2.05) is 0 Å². The number of piperidine rings is 3. The number of halogens is 2. The van der Waals surface area contributed by atoms with Gasteiger partial charge in [0, 0.05) is 24.8 Å². The zero-order valence-electron chi connectivity index (χ0n) is 14.4. The molecule has 1 aromatic carbocycles. The predicted molar refractivity (Wildman–Crippen MR) is 94.9 cm³/mol. The van der Waals surface area contributed by atoms with Crippen molar-refractivity contribution in [3.8, 4) is 10.4 Å². The van der Waals surface area contributed by atoms with Gasteiger partial charge in [0.1, 0.15) is 5.60 Å². The van der Waals surface area contributed by atoms with Gasteiger partial charge in [-0.15, -0.1) is 11.3 Å². The Balaban J connectivity index is 1.50. The Morgan fingerprint density at radius 1 is 1.27 bits per heavy atom. The van der Waals surface area contributed by atoms with Crippen molar-refractivity contribution in [2.45, 2.75) is 24.9 Å². The Hall–Kier alpha value is -2.06. The third kappa shape index (κ3) is 3.07. The summed E-state index contributed by atoms with van der Waals surface area (Å²) in [6.45, 7) is 3.01. The minimum Gasteiger partial charge on any atom is -0.442 e. The van der Waals surface area contributed by atoms with E-state index in [9.17, 15) is 13.6 Å². The lowest BCUT2D eigenvalue weighted by Gasteiger charge is -2.51. The standard InChI is InChI=1S/C18H19F2N3O2S/c1-23-8-5-18(6-9-23,7-10-23)25-17(24)22-16-15(26-11-21-16)12-3-2-4-13(19)14(12)20/h2-4,11H,5-10H2,1H3/p+1. The number of thiazole rings is 1. The SMILES string of the molecule is C[N+]12CCC(OC(=O)Nc3ncsc3-c3cccc(F)c3F)(CC1)CC2. The number of rotatable bonds is 3. The number of ether oxygens (including phenoxy) is 1. The van der Waals surface area contributed by atoms with Gasteiger partial charge in [-0.25, -0.2) is 18.6 Å². The first kappa shape index (κ1) is 17.4. The monoisotopic (exact) mass is 380 g/mol. The first-order chi connectivity index (χ1) is 12.4. The third-order valence-electron chi connectivity index (χ3n) is 5.62. The van der Waals surface area contributed by atoms with E-state index in [0.717, 1.165) is 60.8 Å². The van der Waals surface area contributed by atoms with E-state index in [2.05, 4.69) is 17.3 Å². The highest BCUT2D eigenvalue weighted by atomic mass is 32.1. The van der Waals surface area contributed by atoms with E-state index in [1.165, 1.54) is 17.6 Å². The summed E-state index contributed by atoms with van der Waals surface area (Å²) in [5.74, 6) is -1.70. The normalized spacial score (nSPS) is 27.3. The predicted octanol–water partition coefficient (Wildman–Crippen LogP) is 4.02. The first-order valence-corrected chi connectivity index (χ1v) is 9.49. The zero-order chi connectivity index (χ0) is 18.4. The molecule has 1 amide bonds. The van der Waals surface area contributed by atoms with Crippen LogP contribution in [0.1, 0.15) is 19.3 Å². The molecule has 1 aromatic heterocycles. The van der Waals surface area contributed by atoms with Crippen LogP contribution in [0.15, 0.2) is 23.7 Å². The third-order valence-corrected chi connectivity index (χ3v) is 6.47. The van der Waals surface area contributed by atoms with Crippen molar-refractivity contribution in [2.75, 3.05) is 32.0 Å². The molecule has 3 aliphatic rings. The van der Waals surface area contributed by atoms with Crippen LogP contribution in [0.2, 0.25) is 0 Å². The number of aromatic nitrogens is 1. The number of hydrogen-bond acceptors (Lipinski definition) is 4. The molecule has 1 N–H and O–H groups in total. The van der Waals surface area contributed by atoms with Gasteiger partial charge in [0.2, 0.25) is 0 Å². The molecule has 0 unspecified atom stereocenters. The van der Waals surface area contributed by atoms with Crippen molar-refractivity contribution in [3.63, 3.8) is 0 Å². The summed E-state index contributed by atoms with van der Waals surface area (Å²) in [6.07, 6.45) is 1.95. The second kappa shape index (κ2) is 6.28. The minimum absolute atomic E-state index is 0.0735. The average molecular weight is 380 g/mol. The molecule has 0 atom stereocenters. The summed E-state index contributed by atoms with van der Waals surface area (Å²) in [7, 11) is 2.23. The van der Waals surface area contributed by atoms with E-state index in [-0.39, 0.29) is 11.4 Å². The highest BCUT2D eigenvalue weighted by molar-refractivity contribution is 7.13. The molecule has 0 spiro atoms. The minimum atomic E-state index is -0.955. The Morgan fingerprint density at radius 3 is 2.65 bits per heavy atom. The van der Waals surface area contributed by atoms with Crippen LogP contribution < -0.4 is 5.32 Å². The van der Waals surface area contributed by atoms with Gasteiger partial charge < -0.3 is 9.22 Å². The Labute approximate surface area is 154 Å². The number of benzene rings is 1. The van der Waals surface area contributed by atoms with E-state index in [4.69, 9.17) is 4.74 Å². The number of quaternary nitrogens is 1. The highest BCUT2D eigenvalue weighted by Crippen LogP contribution is 2.39. The molecule has 138 valence electrons. The van der Waals surface area contributed by atoms with Gasteiger partial charge in [0.25, 0.3) is 0 Å². The van der Waals surface area contributed by atoms with Gasteiger partial charge in [-0.3, -0.25) is 5.32 Å². The van der Waals surface area contributed by atoms with Gasteiger partial charge in [-0.2, -0.15) is 0 Å². The number of anilines is 1. The van der Waals surface area contributed by atoms with Crippen molar-refractivity contribution < 1.29 is 22.8 Å². The molecule has 5 nitrogen and oxygen atoms in total. The maximum Gasteiger partial charge on any atom is 0.413 e. The summed E-state index contributed by atoms with van der Waals surface area (Å²) in [4.78, 5) is 16.9. The topological polar surface area (TPSA) is 51.2 Å². The molecule has 3 fully saturated rings. The number of nitrogens with one attached hydrogen (secondary N) is 1. The average Bonchev–Trinajstić information content (AvgIpc) is 3.06. The number of nitrogens with zero attached hydrogens (tertiary/aromatic N) is 2. The molecule has 8 heteroatoms. The van der Waals surface area contributed by atoms with Crippen molar-refractivity contribution in [3.05, 3.63) is 35.3 Å². The summed E-state index contributed by atoms with van der Waals surface area (Å²) in [6, 6.07) is 3.94. The smallest absolute Gasteiger partial charge is 0.413 e. The fourth-order valence-corrected chi connectivity index (χ4v) is 4.57. The second-order valence-electron chi connectivity index (χ2n) is 7.37. The molecular formula is C18H20F2N3O2S+. The van der Waals surface area contributed by atoms with Crippen molar-refractivity contribution in [2.24, 2.45) is 0 Å². The molecular weight excluding hydrogens is 360 g/mol. The van der Waals surface area contributed by atoms with Crippen LogP contribution in [-0.4, -0.2) is 47.8 Å². The van der Waals surface area contributed by atoms with Crippen LogP contribution in [0, 0.1) is 11.6 Å². The Morgan fingerprint density at radius 2 is 1.96 bits per heavy atom. The Kier molecular flexibility index (Phi) is 4.19. The summed E-state index contributed by atoms with van der Waals surface area (Å²) < 4.78 is 34.4. The fraction of sp³-hybridized carbons (Fsp3) is 0.444. The largest absolute Gasteiger partial charge is 0.442 e. The molecule has 2 aromatic rings. The molecule has 5 rings (SSSR count). The van der Waals surface area contributed by atoms with Crippen LogP contribution in [0.3, 0.4) is 0 Å². The molecule has 0 radical (unpaired) electrons. The number of fused-ring (bicyclic) bond motifs is 3. The van der Waals surface area contributed by atoms with Crippen LogP contribution >= 0.6 is 11.3 Å². The number of carbonyl (C=O) groups excluding carboxylic acids is 1. The highest BCUT2D eigenvalue weighted by Gasteiger charge is 2.49. The van der Waals surface area contributed by atoms with Gasteiger partial charge in [-0.1, -0.05) is 12.1 Å². The molecule has 4 heterocycles. The van der Waals surface area contributed by atoms with Gasteiger partial charge in [0.05, 0.1) is 37.1 Å². The van der Waals surface area contributed by atoms with Crippen LogP contribution in [0.5, 0.6) is 0 Å². The van der Waals surface area contributed by atoms with E-state index in [0.29, 0.717) is 4.88 Å². The summed E-state index contributed by atoms with van der Waals surface area (Å²) in [5, 5.41) is 2.61. The van der Waals surface area contributed by atoms with Crippen molar-refractivity contribution >= 4 is 23.2 Å². The van der Waals surface area contributed by atoms with E-state index < -0.39 is 23.3 Å². The lowest BCUT2D eigenvalue weighted by molar-refractivity contribution is -0.926. The molecule has 3 aliphatic heterocycles. The molecule has 2 bridgehead atoms. The van der Waals surface area contributed by atoms with Crippen LogP contribution in [-0.2, 0) is 4.74 Å². The molecule has 26 heavy (non-hydrogen) atoms. The molecule has 0 saturated carbocycles. The fourth-order valence-electron chi connectivity index (χ4n) is 3.81. The van der Waals surface area contributed by atoms with Gasteiger partial charge >= 0.3 is 6.09 Å². The van der Waals surface area contributed by atoms with Crippen LogP contribution in [0.4, 0.5) is 19.4 Å². The van der Waals surface area contributed by atoms with Crippen LogP contribution in [0.25, 0.3) is 10.4 Å².